The molecule has 1 aliphatic rings. The summed E-state index contributed by atoms with van der Waals surface area (Å²) < 4.78 is 0. The number of aliphatic imine (C=N–C) groups is 2. The fraction of sp³-hybridized carbons (Fsp3) is 0.0625. The second-order valence-electron chi connectivity index (χ2n) is 8.57. The van der Waals surface area contributed by atoms with E-state index in [2.05, 4.69) is 51.0 Å². The SMILES string of the molecule is C1=CC(C=Nc2ccc(Nc3ccccc3)cc2)CC=C1C=Nc1ccc(Nc2ccccc2)cc1. The summed E-state index contributed by atoms with van der Waals surface area (Å²) in [6.07, 6.45) is 11.3. The monoisotopic (exact) mass is 468 g/mol. The molecular formula is C32H28N4. The van der Waals surface area contributed by atoms with Crippen LogP contribution in [0.4, 0.5) is 34.1 Å². The normalized spacial score (nSPS) is 15.2. The third-order valence-corrected chi connectivity index (χ3v) is 5.80. The Morgan fingerprint density at radius 3 is 1.58 bits per heavy atom. The van der Waals surface area contributed by atoms with Gasteiger partial charge in [0.05, 0.1) is 11.4 Å². The molecule has 0 spiro atoms. The average molecular weight is 469 g/mol. The lowest BCUT2D eigenvalue weighted by molar-refractivity contribution is 0.884. The van der Waals surface area contributed by atoms with Crippen molar-refractivity contribution in [2.75, 3.05) is 10.6 Å². The van der Waals surface area contributed by atoms with Crippen LogP contribution in [0.3, 0.4) is 0 Å². The van der Waals surface area contributed by atoms with Crippen LogP contribution in [-0.4, -0.2) is 12.4 Å². The number of anilines is 4. The largest absolute Gasteiger partial charge is 0.356 e. The minimum Gasteiger partial charge on any atom is -0.356 e. The van der Waals surface area contributed by atoms with E-state index >= 15 is 0 Å². The molecule has 1 atom stereocenters. The van der Waals surface area contributed by atoms with Crippen molar-refractivity contribution in [2.24, 2.45) is 15.9 Å². The van der Waals surface area contributed by atoms with Crippen LogP contribution < -0.4 is 10.6 Å². The Balaban J connectivity index is 1.11. The van der Waals surface area contributed by atoms with Crippen molar-refractivity contribution in [3.8, 4) is 0 Å². The highest BCUT2D eigenvalue weighted by Crippen LogP contribution is 2.23. The first-order chi connectivity index (χ1) is 17.8. The van der Waals surface area contributed by atoms with E-state index in [1.165, 1.54) is 0 Å². The number of rotatable bonds is 8. The van der Waals surface area contributed by atoms with Gasteiger partial charge >= 0.3 is 0 Å². The van der Waals surface area contributed by atoms with E-state index < -0.39 is 0 Å². The van der Waals surface area contributed by atoms with E-state index in [1.807, 2.05) is 109 Å². The molecule has 176 valence electrons. The second-order valence-corrected chi connectivity index (χ2v) is 8.57. The van der Waals surface area contributed by atoms with E-state index in [-0.39, 0.29) is 5.92 Å². The molecule has 2 N–H and O–H groups in total. The van der Waals surface area contributed by atoms with E-state index in [9.17, 15) is 0 Å². The summed E-state index contributed by atoms with van der Waals surface area (Å²) in [6, 6.07) is 36.6. The summed E-state index contributed by atoms with van der Waals surface area (Å²) in [5.74, 6) is 0.285. The standard InChI is InChI=1S/C32H28N4/c1-3-7-29(8-4-1)35-31-19-15-27(16-20-31)33-23-25-11-13-26(14-12-25)24-34-28-17-21-32(22-18-28)36-30-9-5-2-6-10-30/h1-13,15-24,26,35-36H,14H2. The van der Waals surface area contributed by atoms with Gasteiger partial charge in [0.2, 0.25) is 0 Å². The van der Waals surface area contributed by atoms with Crippen LogP contribution in [0.5, 0.6) is 0 Å². The van der Waals surface area contributed by atoms with E-state index in [4.69, 9.17) is 0 Å². The molecule has 0 fully saturated rings. The Bertz CT molecular complexity index is 1370. The van der Waals surface area contributed by atoms with Crippen molar-refractivity contribution in [2.45, 2.75) is 6.42 Å². The quantitative estimate of drug-likeness (QED) is 0.254. The Labute approximate surface area is 212 Å². The average Bonchev–Trinajstić information content (AvgIpc) is 2.94. The Kier molecular flexibility index (Phi) is 7.45. The van der Waals surface area contributed by atoms with Gasteiger partial charge in [-0.15, -0.1) is 0 Å². The zero-order valence-electron chi connectivity index (χ0n) is 20.0. The summed E-state index contributed by atoms with van der Waals surface area (Å²) in [4.78, 5) is 9.28. The third kappa shape index (κ3) is 6.67. The number of para-hydroxylation sites is 2. The first kappa shape index (κ1) is 23.1. The van der Waals surface area contributed by atoms with Crippen LogP contribution >= 0.6 is 0 Å². The molecule has 0 radical (unpaired) electrons. The molecule has 0 saturated heterocycles. The maximum Gasteiger partial charge on any atom is 0.0631 e. The first-order valence-corrected chi connectivity index (χ1v) is 12.1. The van der Waals surface area contributed by atoms with Gasteiger partial charge in [0.25, 0.3) is 0 Å². The molecule has 0 aliphatic heterocycles. The molecule has 5 rings (SSSR count). The van der Waals surface area contributed by atoms with Gasteiger partial charge in [0.1, 0.15) is 0 Å². The van der Waals surface area contributed by atoms with Crippen LogP contribution in [0.1, 0.15) is 6.42 Å². The predicted molar refractivity (Wildman–Crippen MR) is 154 cm³/mol. The molecule has 0 aromatic heterocycles. The lowest BCUT2D eigenvalue weighted by Crippen LogP contribution is -2.01. The zero-order chi connectivity index (χ0) is 24.4. The Morgan fingerprint density at radius 2 is 1.08 bits per heavy atom. The topological polar surface area (TPSA) is 48.8 Å². The summed E-state index contributed by atoms with van der Waals surface area (Å²) >= 11 is 0. The molecule has 4 aromatic rings. The summed E-state index contributed by atoms with van der Waals surface area (Å²) in [7, 11) is 0. The van der Waals surface area contributed by atoms with E-state index in [1.54, 1.807) is 0 Å². The molecule has 0 saturated carbocycles. The highest BCUT2D eigenvalue weighted by atomic mass is 14.9. The highest BCUT2D eigenvalue weighted by Gasteiger charge is 2.05. The number of nitrogens with one attached hydrogen (secondary N) is 2. The third-order valence-electron chi connectivity index (χ3n) is 5.80. The molecule has 0 bridgehead atoms. The van der Waals surface area contributed by atoms with Crippen LogP contribution in [0.15, 0.2) is 143 Å². The minimum atomic E-state index is 0.285. The smallest absolute Gasteiger partial charge is 0.0631 e. The van der Waals surface area contributed by atoms with Gasteiger partial charge in [-0.1, -0.05) is 54.6 Å². The maximum atomic E-state index is 4.66. The van der Waals surface area contributed by atoms with Crippen LogP contribution in [0.25, 0.3) is 0 Å². The number of benzene rings is 4. The Morgan fingerprint density at radius 1 is 0.583 bits per heavy atom. The van der Waals surface area contributed by atoms with Gasteiger partial charge in [0, 0.05) is 41.1 Å². The number of hydrogen-bond donors (Lipinski definition) is 2. The molecule has 36 heavy (non-hydrogen) atoms. The molecule has 4 nitrogen and oxygen atoms in total. The Hall–Kier alpha value is -4.70. The molecule has 0 heterocycles. The fourth-order valence-corrected chi connectivity index (χ4v) is 3.83. The molecule has 1 aliphatic carbocycles. The number of nitrogens with zero attached hydrogens (tertiary/aromatic N) is 2. The van der Waals surface area contributed by atoms with Crippen molar-refractivity contribution in [3.05, 3.63) is 133 Å². The summed E-state index contributed by atoms with van der Waals surface area (Å²) in [5, 5.41) is 6.78. The number of allylic oxidation sites excluding steroid dienone is 4. The minimum absolute atomic E-state index is 0.285. The van der Waals surface area contributed by atoms with Crippen LogP contribution in [0.2, 0.25) is 0 Å². The fourth-order valence-electron chi connectivity index (χ4n) is 3.83. The van der Waals surface area contributed by atoms with Crippen LogP contribution in [0, 0.1) is 5.92 Å². The van der Waals surface area contributed by atoms with E-state index in [0.29, 0.717) is 0 Å². The van der Waals surface area contributed by atoms with Gasteiger partial charge in [-0.3, -0.25) is 9.98 Å². The van der Waals surface area contributed by atoms with Gasteiger partial charge in [-0.05, 0) is 84.8 Å². The summed E-state index contributed by atoms with van der Waals surface area (Å²) in [5.41, 5.74) is 7.22. The summed E-state index contributed by atoms with van der Waals surface area (Å²) in [6.45, 7) is 0. The van der Waals surface area contributed by atoms with Crippen molar-refractivity contribution < 1.29 is 0 Å². The van der Waals surface area contributed by atoms with Crippen molar-refractivity contribution in [1.82, 2.24) is 0 Å². The molecular weight excluding hydrogens is 440 g/mol. The van der Waals surface area contributed by atoms with Gasteiger partial charge in [-0.25, -0.2) is 0 Å². The lowest BCUT2D eigenvalue weighted by Gasteiger charge is -2.10. The van der Waals surface area contributed by atoms with Gasteiger partial charge < -0.3 is 10.6 Å². The lowest BCUT2D eigenvalue weighted by atomic mass is 9.98. The molecule has 0 amide bonds. The molecule has 1 unspecified atom stereocenters. The van der Waals surface area contributed by atoms with Crippen molar-refractivity contribution in [1.29, 1.82) is 0 Å². The first-order valence-electron chi connectivity index (χ1n) is 12.1. The van der Waals surface area contributed by atoms with Crippen molar-refractivity contribution in [3.63, 3.8) is 0 Å². The van der Waals surface area contributed by atoms with Crippen molar-refractivity contribution >= 4 is 46.6 Å². The number of hydrogen-bond acceptors (Lipinski definition) is 4. The van der Waals surface area contributed by atoms with Crippen LogP contribution in [-0.2, 0) is 0 Å². The highest BCUT2D eigenvalue weighted by molar-refractivity contribution is 5.85. The maximum absolute atomic E-state index is 4.66. The molecule has 4 aromatic carbocycles. The second kappa shape index (κ2) is 11.6. The zero-order valence-corrected chi connectivity index (χ0v) is 20.0. The van der Waals surface area contributed by atoms with Gasteiger partial charge in [-0.2, -0.15) is 0 Å². The molecule has 4 heteroatoms. The van der Waals surface area contributed by atoms with E-state index in [0.717, 1.165) is 46.1 Å². The predicted octanol–water partition coefficient (Wildman–Crippen LogP) is 8.78. The van der Waals surface area contributed by atoms with Gasteiger partial charge in [0.15, 0.2) is 0 Å².